The standard InChI is InChI=1S/C25H17N3O5/c29-23-21-20-14-7-1-3-9-16(14)25(13-26-31,17-10-4-2-8-15(17)20)22(21)24(30)27(23)18-11-5-6-12-19(18)28(32)33/h1-13,20-22,31H/b26-13-/t20?,21-,22-,25?/m1/s1. The van der Waals surface area contributed by atoms with E-state index in [-0.39, 0.29) is 17.3 Å². The number of nitrogens with zero attached hydrogens (tertiary/aromatic N) is 3. The van der Waals surface area contributed by atoms with Gasteiger partial charge < -0.3 is 5.21 Å². The molecule has 0 radical (unpaired) electrons. The van der Waals surface area contributed by atoms with E-state index in [1.165, 1.54) is 24.4 Å². The van der Waals surface area contributed by atoms with Crippen LogP contribution in [0.5, 0.6) is 0 Å². The molecule has 3 aromatic carbocycles. The van der Waals surface area contributed by atoms with Crippen molar-refractivity contribution in [1.29, 1.82) is 0 Å². The molecule has 0 saturated carbocycles. The lowest BCUT2D eigenvalue weighted by Crippen LogP contribution is -2.54. The number of nitro benzene ring substituents is 1. The minimum atomic E-state index is -1.17. The van der Waals surface area contributed by atoms with E-state index in [1.54, 1.807) is 6.07 Å². The van der Waals surface area contributed by atoms with Crippen molar-refractivity contribution < 1.29 is 19.7 Å². The molecule has 8 nitrogen and oxygen atoms in total. The van der Waals surface area contributed by atoms with Crippen LogP contribution in [0.3, 0.4) is 0 Å². The Bertz CT molecular complexity index is 1350. The van der Waals surface area contributed by atoms with Crippen molar-refractivity contribution in [2.45, 2.75) is 11.3 Å². The number of oxime groups is 1. The smallest absolute Gasteiger partial charge is 0.293 e. The fourth-order valence-corrected chi connectivity index (χ4v) is 6.19. The summed E-state index contributed by atoms with van der Waals surface area (Å²) in [6.45, 7) is 0. The largest absolute Gasteiger partial charge is 0.411 e. The number of anilines is 1. The molecule has 33 heavy (non-hydrogen) atoms. The Morgan fingerprint density at radius 3 is 2.09 bits per heavy atom. The van der Waals surface area contributed by atoms with Gasteiger partial charge in [0.2, 0.25) is 11.8 Å². The Morgan fingerprint density at radius 2 is 1.48 bits per heavy atom. The van der Waals surface area contributed by atoms with Crippen LogP contribution in [0.25, 0.3) is 0 Å². The van der Waals surface area contributed by atoms with Crippen LogP contribution < -0.4 is 4.90 Å². The molecule has 7 rings (SSSR count). The zero-order chi connectivity index (χ0) is 22.9. The van der Waals surface area contributed by atoms with Gasteiger partial charge in [-0.25, -0.2) is 4.90 Å². The molecule has 0 spiro atoms. The minimum absolute atomic E-state index is 0.0458. The first-order chi connectivity index (χ1) is 16.0. The highest BCUT2D eigenvalue weighted by Crippen LogP contribution is 2.63. The molecule has 2 atom stereocenters. The summed E-state index contributed by atoms with van der Waals surface area (Å²) in [7, 11) is 0. The second kappa shape index (κ2) is 6.59. The summed E-state index contributed by atoms with van der Waals surface area (Å²) < 4.78 is 0. The van der Waals surface area contributed by atoms with Gasteiger partial charge >= 0.3 is 0 Å². The summed E-state index contributed by atoms with van der Waals surface area (Å²) in [6, 6.07) is 20.8. The topological polar surface area (TPSA) is 113 Å². The van der Waals surface area contributed by atoms with Gasteiger partial charge in [0.15, 0.2) is 0 Å². The van der Waals surface area contributed by atoms with Crippen LogP contribution in [0.4, 0.5) is 11.4 Å². The van der Waals surface area contributed by atoms with E-state index in [4.69, 9.17) is 0 Å². The summed E-state index contributed by atoms with van der Waals surface area (Å²) >= 11 is 0. The van der Waals surface area contributed by atoms with Gasteiger partial charge in [-0.1, -0.05) is 60.7 Å². The quantitative estimate of drug-likeness (QED) is 0.220. The van der Waals surface area contributed by atoms with Gasteiger partial charge in [0, 0.05) is 12.0 Å². The molecule has 1 aliphatic heterocycles. The molecule has 1 heterocycles. The Kier molecular flexibility index (Phi) is 3.86. The van der Waals surface area contributed by atoms with Crippen LogP contribution in [-0.4, -0.2) is 28.2 Å². The van der Waals surface area contributed by atoms with Crippen LogP contribution >= 0.6 is 0 Å². The Balaban J connectivity index is 1.66. The van der Waals surface area contributed by atoms with E-state index < -0.39 is 34.0 Å². The van der Waals surface area contributed by atoms with Crippen LogP contribution in [0.2, 0.25) is 0 Å². The average molecular weight is 439 g/mol. The highest BCUT2D eigenvalue weighted by molar-refractivity contribution is 6.25. The summed E-state index contributed by atoms with van der Waals surface area (Å²) in [5, 5.41) is 24.8. The molecule has 0 aromatic heterocycles. The average Bonchev–Trinajstić information content (AvgIpc) is 3.10. The van der Waals surface area contributed by atoms with Crippen LogP contribution in [0, 0.1) is 22.0 Å². The first-order valence-corrected chi connectivity index (χ1v) is 10.5. The molecule has 8 heteroatoms. The predicted octanol–water partition coefficient (Wildman–Crippen LogP) is 3.61. The van der Waals surface area contributed by atoms with E-state index in [1.807, 2.05) is 48.5 Å². The molecule has 162 valence electrons. The lowest BCUT2D eigenvalue weighted by atomic mass is 9.47. The van der Waals surface area contributed by atoms with E-state index in [2.05, 4.69) is 5.16 Å². The Morgan fingerprint density at radius 1 is 0.909 bits per heavy atom. The fourth-order valence-electron chi connectivity index (χ4n) is 6.19. The minimum Gasteiger partial charge on any atom is -0.411 e. The number of hydrogen-bond donors (Lipinski definition) is 1. The summed E-state index contributed by atoms with van der Waals surface area (Å²) in [5.41, 5.74) is 1.86. The lowest BCUT2D eigenvalue weighted by Gasteiger charge is -2.52. The van der Waals surface area contributed by atoms with Crippen molar-refractivity contribution in [2.24, 2.45) is 17.0 Å². The third kappa shape index (κ3) is 2.22. The summed E-state index contributed by atoms with van der Waals surface area (Å²) in [4.78, 5) is 39.8. The third-order valence-electron chi connectivity index (χ3n) is 7.26. The number of imide groups is 1. The van der Waals surface area contributed by atoms with Gasteiger partial charge in [-0.3, -0.25) is 19.7 Å². The monoisotopic (exact) mass is 439 g/mol. The molecule has 3 aliphatic carbocycles. The highest BCUT2D eigenvalue weighted by Gasteiger charge is 2.68. The maximum Gasteiger partial charge on any atom is 0.293 e. The fraction of sp³-hybridized carbons (Fsp3) is 0.160. The van der Waals surface area contributed by atoms with E-state index in [0.29, 0.717) is 0 Å². The zero-order valence-electron chi connectivity index (χ0n) is 17.2. The number of rotatable bonds is 3. The molecule has 1 saturated heterocycles. The molecule has 4 aliphatic rings. The number of benzene rings is 3. The van der Waals surface area contributed by atoms with Crippen molar-refractivity contribution in [3.8, 4) is 0 Å². The van der Waals surface area contributed by atoms with Gasteiger partial charge in [0.25, 0.3) is 5.69 Å². The molecule has 2 amide bonds. The number of carbonyl (C=O) groups is 2. The first-order valence-electron chi connectivity index (χ1n) is 10.5. The van der Waals surface area contributed by atoms with E-state index >= 15 is 0 Å². The van der Waals surface area contributed by atoms with Gasteiger partial charge in [-0.2, -0.15) is 0 Å². The number of amides is 2. The molecule has 3 aromatic rings. The number of nitro groups is 1. The number of hydrogen-bond acceptors (Lipinski definition) is 6. The van der Waals surface area contributed by atoms with Crippen molar-refractivity contribution in [1.82, 2.24) is 0 Å². The third-order valence-corrected chi connectivity index (χ3v) is 7.26. The maximum atomic E-state index is 14.0. The molecule has 2 bridgehead atoms. The molecule has 1 fully saturated rings. The Labute approximate surface area is 187 Å². The predicted molar refractivity (Wildman–Crippen MR) is 118 cm³/mol. The molecular formula is C25H17N3O5. The SMILES string of the molecule is O=C1[C@@H]2C3c4ccccc4C(/C=N\O)(c4ccccc43)[C@H]2C(=O)N1c1ccccc1[N+](=O)[O-]. The number of para-hydroxylation sites is 2. The molecule has 0 unspecified atom stereocenters. The van der Waals surface area contributed by atoms with Crippen LogP contribution in [0.15, 0.2) is 78.0 Å². The summed E-state index contributed by atoms with van der Waals surface area (Å²) in [5.74, 6) is -3.08. The van der Waals surface area contributed by atoms with Gasteiger partial charge in [0.05, 0.1) is 28.4 Å². The normalized spacial score (nSPS) is 26.9. The molecular weight excluding hydrogens is 422 g/mol. The zero-order valence-corrected chi connectivity index (χ0v) is 17.2. The van der Waals surface area contributed by atoms with E-state index in [9.17, 15) is 24.9 Å². The second-order valence-corrected chi connectivity index (χ2v) is 8.53. The highest BCUT2D eigenvalue weighted by atomic mass is 16.6. The van der Waals surface area contributed by atoms with Gasteiger partial charge in [-0.05, 0) is 28.3 Å². The van der Waals surface area contributed by atoms with Crippen molar-refractivity contribution in [2.75, 3.05) is 4.90 Å². The molecule has 1 N–H and O–H groups in total. The van der Waals surface area contributed by atoms with Crippen LogP contribution in [-0.2, 0) is 15.0 Å². The Hall–Kier alpha value is -4.33. The van der Waals surface area contributed by atoms with Gasteiger partial charge in [-0.15, -0.1) is 5.16 Å². The van der Waals surface area contributed by atoms with Crippen molar-refractivity contribution in [3.63, 3.8) is 0 Å². The lowest BCUT2D eigenvalue weighted by molar-refractivity contribution is -0.384. The van der Waals surface area contributed by atoms with Crippen molar-refractivity contribution >= 4 is 29.4 Å². The van der Waals surface area contributed by atoms with Crippen LogP contribution in [0.1, 0.15) is 28.2 Å². The van der Waals surface area contributed by atoms with Crippen molar-refractivity contribution in [3.05, 3.63) is 105 Å². The van der Waals surface area contributed by atoms with Gasteiger partial charge in [0.1, 0.15) is 5.69 Å². The first kappa shape index (κ1) is 19.4. The maximum absolute atomic E-state index is 14.0. The number of carbonyl (C=O) groups excluding carboxylic acids is 2. The summed E-state index contributed by atoms with van der Waals surface area (Å²) in [6.07, 6.45) is 1.34. The second-order valence-electron chi connectivity index (χ2n) is 8.53. The van der Waals surface area contributed by atoms with E-state index in [0.717, 1.165) is 27.2 Å².